The van der Waals surface area contributed by atoms with Crippen LogP contribution in [-0.4, -0.2) is 35.1 Å². The van der Waals surface area contributed by atoms with E-state index < -0.39 is 5.97 Å². The fraction of sp³-hybridized carbons (Fsp3) is 0.450. The molecule has 1 fully saturated rings. The fourth-order valence-corrected chi connectivity index (χ4v) is 6.37. The second kappa shape index (κ2) is 17.8. The summed E-state index contributed by atoms with van der Waals surface area (Å²) < 4.78 is 0. The Bertz CT molecular complexity index is 1670. The first-order valence-corrected chi connectivity index (χ1v) is 17.2. The van der Waals surface area contributed by atoms with Crippen molar-refractivity contribution in [1.29, 1.82) is 0 Å². The Balaban J connectivity index is 2.25. The normalized spacial score (nSPS) is 28.5. The molecule has 1 unspecified atom stereocenters. The predicted molar refractivity (Wildman–Crippen MR) is 199 cm³/mol. The molecule has 3 heterocycles. The summed E-state index contributed by atoms with van der Waals surface area (Å²) in [6.07, 6.45) is 15.0. The average molecular weight is 670 g/mol. The molecule has 1 atom stereocenters. The van der Waals surface area contributed by atoms with Crippen LogP contribution in [0.5, 0.6) is 0 Å². The molecule has 0 aliphatic carbocycles. The van der Waals surface area contributed by atoms with Gasteiger partial charge in [0.05, 0.1) is 11.4 Å². The van der Waals surface area contributed by atoms with Crippen LogP contribution in [0.1, 0.15) is 101 Å². The molecule has 264 valence electrons. The van der Waals surface area contributed by atoms with Crippen LogP contribution in [0.15, 0.2) is 109 Å². The summed E-state index contributed by atoms with van der Waals surface area (Å²) in [4.78, 5) is 41.2. The first-order chi connectivity index (χ1) is 23.1. The Morgan fingerprint density at radius 3 is 2.24 bits per heavy atom. The number of carboxylic acid groups (broad SMARTS) is 1. The SMILES string of the molecule is CC1=CC2=NC\1=C/C(C)=C(C)/C(CCC(=O)NCCC(=O)NN)=C(C)/C=C(C)/C(CCC(=O)O)=C(C)\C(=C\C(C)C)\C=C1\CC(C)/C(=C/2)N1. The molecule has 0 aromatic rings. The Morgan fingerprint density at radius 1 is 0.898 bits per heavy atom. The highest BCUT2D eigenvalue weighted by molar-refractivity contribution is 6.08. The molecule has 3 aliphatic rings. The molecule has 3 aliphatic heterocycles. The highest BCUT2D eigenvalue weighted by Crippen LogP contribution is 2.34. The van der Waals surface area contributed by atoms with Gasteiger partial charge < -0.3 is 15.7 Å². The van der Waals surface area contributed by atoms with Gasteiger partial charge in [-0.15, -0.1) is 0 Å². The van der Waals surface area contributed by atoms with Crippen LogP contribution in [0.2, 0.25) is 0 Å². The van der Waals surface area contributed by atoms with Crippen LogP contribution in [0.4, 0.5) is 0 Å². The number of carbonyl (C=O) groups excluding carboxylic acids is 2. The molecule has 3 rings (SSSR count). The van der Waals surface area contributed by atoms with Crippen LogP contribution in [-0.2, 0) is 14.4 Å². The van der Waals surface area contributed by atoms with E-state index in [2.05, 4.69) is 108 Å². The summed E-state index contributed by atoms with van der Waals surface area (Å²) in [7, 11) is 0. The van der Waals surface area contributed by atoms with Crippen molar-refractivity contribution >= 4 is 23.5 Å². The number of nitrogens with two attached hydrogens (primary N) is 1. The lowest BCUT2D eigenvalue weighted by atomic mass is 9.88. The van der Waals surface area contributed by atoms with E-state index in [9.17, 15) is 19.5 Å². The van der Waals surface area contributed by atoms with Crippen molar-refractivity contribution in [2.24, 2.45) is 22.7 Å². The van der Waals surface area contributed by atoms with E-state index >= 15 is 0 Å². The summed E-state index contributed by atoms with van der Waals surface area (Å²) in [6.45, 7) is 19.1. The van der Waals surface area contributed by atoms with Gasteiger partial charge in [0.25, 0.3) is 0 Å². The van der Waals surface area contributed by atoms with Crippen molar-refractivity contribution in [2.75, 3.05) is 6.54 Å². The highest BCUT2D eigenvalue weighted by Gasteiger charge is 2.23. The number of nitrogens with one attached hydrogen (secondary N) is 3. The van der Waals surface area contributed by atoms with E-state index in [1.54, 1.807) is 0 Å². The van der Waals surface area contributed by atoms with Crippen LogP contribution in [0.25, 0.3) is 0 Å². The lowest BCUT2D eigenvalue weighted by Gasteiger charge is -2.18. The Labute approximate surface area is 292 Å². The Kier molecular flexibility index (Phi) is 14.1. The second-order valence-electron chi connectivity index (χ2n) is 13.7. The molecule has 2 amide bonds. The lowest BCUT2D eigenvalue weighted by Crippen LogP contribution is -2.34. The molecule has 1 saturated heterocycles. The van der Waals surface area contributed by atoms with Gasteiger partial charge in [-0.2, -0.15) is 0 Å². The number of carboxylic acids is 1. The number of rotatable bonds is 10. The third-order valence-corrected chi connectivity index (χ3v) is 9.22. The third kappa shape index (κ3) is 11.3. The molecule has 0 saturated carbocycles. The minimum absolute atomic E-state index is 0.0175. The minimum atomic E-state index is -0.840. The van der Waals surface area contributed by atoms with Crippen LogP contribution in [0, 0.1) is 11.8 Å². The first-order valence-electron chi connectivity index (χ1n) is 17.2. The topological polar surface area (TPSA) is 146 Å². The first kappa shape index (κ1) is 38.9. The van der Waals surface area contributed by atoms with E-state index in [0.717, 1.165) is 79.4 Å². The van der Waals surface area contributed by atoms with Gasteiger partial charge >= 0.3 is 5.97 Å². The van der Waals surface area contributed by atoms with Gasteiger partial charge in [0, 0.05) is 43.1 Å². The molecular weight excluding hydrogens is 614 g/mol. The molecule has 49 heavy (non-hydrogen) atoms. The largest absolute Gasteiger partial charge is 0.481 e. The van der Waals surface area contributed by atoms with Gasteiger partial charge in [-0.05, 0) is 141 Å². The molecule has 6 N–H and O–H groups in total. The van der Waals surface area contributed by atoms with Crippen molar-refractivity contribution < 1.29 is 19.5 Å². The summed E-state index contributed by atoms with van der Waals surface area (Å²) in [5.41, 5.74) is 15.4. The zero-order chi connectivity index (χ0) is 36.4. The van der Waals surface area contributed by atoms with Crippen LogP contribution >= 0.6 is 0 Å². The summed E-state index contributed by atoms with van der Waals surface area (Å²) in [6, 6.07) is 0. The Hall–Kier alpha value is -4.50. The van der Waals surface area contributed by atoms with Gasteiger partial charge in [-0.3, -0.25) is 19.8 Å². The zero-order valence-corrected chi connectivity index (χ0v) is 30.8. The number of fused-ring (bicyclic) bond motifs is 3. The fourth-order valence-electron chi connectivity index (χ4n) is 6.37. The lowest BCUT2D eigenvalue weighted by molar-refractivity contribution is -0.137. The smallest absolute Gasteiger partial charge is 0.303 e. The molecule has 4 bridgehead atoms. The maximum atomic E-state index is 12.9. The number of hydrogen-bond donors (Lipinski definition) is 5. The molecule has 0 radical (unpaired) electrons. The summed E-state index contributed by atoms with van der Waals surface area (Å²) in [5.74, 6) is 4.41. The van der Waals surface area contributed by atoms with E-state index in [1.807, 2.05) is 6.92 Å². The number of nitrogens with zero attached hydrogens (tertiary/aromatic N) is 1. The molecule has 9 nitrogen and oxygen atoms in total. The number of hydrazine groups is 1. The van der Waals surface area contributed by atoms with Crippen molar-refractivity contribution in [3.05, 3.63) is 104 Å². The van der Waals surface area contributed by atoms with Gasteiger partial charge in [-0.25, -0.2) is 10.8 Å². The number of carbonyl (C=O) groups is 3. The van der Waals surface area contributed by atoms with Crippen molar-refractivity contribution in [3.63, 3.8) is 0 Å². The summed E-state index contributed by atoms with van der Waals surface area (Å²) in [5, 5.41) is 16.2. The van der Waals surface area contributed by atoms with Gasteiger partial charge in [0.2, 0.25) is 11.8 Å². The maximum absolute atomic E-state index is 12.9. The van der Waals surface area contributed by atoms with Crippen LogP contribution < -0.4 is 21.9 Å². The van der Waals surface area contributed by atoms with Gasteiger partial charge in [0.1, 0.15) is 0 Å². The highest BCUT2D eigenvalue weighted by atomic mass is 16.4. The van der Waals surface area contributed by atoms with Crippen molar-refractivity contribution in [1.82, 2.24) is 16.1 Å². The second-order valence-corrected chi connectivity index (χ2v) is 13.7. The summed E-state index contributed by atoms with van der Waals surface area (Å²) >= 11 is 0. The van der Waals surface area contributed by atoms with E-state index in [4.69, 9.17) is 10.8 Å². The molecule has 0 aromatic carbocycles. The molecular formula is C40H55N5O4. The minimum Gasteiger partial charge on any atom is -0.481 e. The quantitative estimate of drug-likeness (QED) is 0.0936. The molecule has 0 aromatic heterocycles. The standard InChI is InChI=1S/C40H55N5O4/c1-23(2)16-31-21-32-18-28(7)37(43-32)22-33-19-27(6)36(44-33)20-24(3)29(8)34(10-12-38(46)42-15-14-39(47)45-41)25(4)17-26(5)35(30(31)9)11-13-40(48)49/h16-17,19-23,28,43H,10-15,18,41H2,1-9H3,(H,42,46)(H,45,47)(H,48,49)/b26-17+,29-24+,31-16+,32-21-,34-25+,35-30-,36-20-,37-22-. The maximum Gasteiger partial charge on any atom is 0.303 e. The number of hydrogen-bond acceptors (Lipinski definition) is 6. The monoisotopic (exact) mass is 669 g/mol. The molecule has 0 spiro atoms. The zero-order valence-electron chi connectivity index (χ0n) is 30.8. The molecule has 9 heteroatoms. The van der Waals surface area contributed by atoms with E-state index in [-0.39, 0.29) is 43.5 Å². The van der Waals surface area contributed by atoms with E-state index in [0.29, 0.717) is 18.8 Å². The van der Waals surface area contributed by atoms with E-state index in [1.165, 1.54) is 0 Å². The van der Waals surface area contributed by atoms with Crippen LogP contribution in [0.3, 0.4) is 0 Å². The number of aliphatic carboxylic acids is 1. The Morgan fingerprint density at radius 2 is 1.59 bits per heavy atom. The van der Waals surface area contributed by atoms with Crippen molar-refractivity contribution in [3.8, 4) is 0 Å². The average Bonchev–Trinajstić information content (AvgIpc) is 3.54. The van der Waals surface area contributed by atoms with Gasteiger partial charge in [0.15, 0.2) is 0 Å². The number of aliphatic imine (C=N–C) groups is 1. The number of amides is 2. The van der Waals surface area contributed by atoms with Crippen molar-refractivity contribution in [2.45, 2.75) is 101 Å². The predicted octanol–water partition coefficient (Wildman–Crippen LogP) is 7.32. The van der Waals surface area contributed by atoms with Gasteiger partial charge in [-0.1, -0.05) is 32.9 Å². The third-order valence-electron chi connectivity index (χ3n) is 9.22. The number of allylic oxidation sites excluding steroid dienone is 17.